The SMILES string of the molecule is Cc1ccc2cc(C3CC(c4c(C)cccc4F)C3)c(=O)n(Cc3ncccc3C(F)(F)F)c2n1. The Bertz CT molecular complexity index is 1470. The second kappa shape index (κ2) is 8.59. The zero-order valence-electron chi connectivity index (χ0n) is 19.2. The van der Waals surface area contributed by atoms with Gasteiger partial charge in [-0.1, -0.05) is 12.1 Å². The minimum absolute atomic E-state index is 0.00601. The number of fused-ring (bicyclic) bond motifs is 1. The van der Waals surface area contributed by atoms with Crippen LogP contribution in [0.3, 0.4) is 0 Å². The fourth-order valence-corrected chi connectivity index (χ4v) is 5.04. The molecule has 0 bridgehead atoms. The normalized spacial score (nSPS) is 18.0. The largest absolute Gasteiger partial charge is 0.418 e. The van der Waals surface area contributed by atoms with E-state index in [-0.39, 0.29) is 35.5 Å². The van der Waals surface area contributed by atoms with Crippen LogP contribution in [0.5, 0.6) is 0 Å². The molecule has 1 aliphatic rings. The van der Waals surface area contributed by atoms with Gasteiger partial charge in [-0.25, -0.2) is 9.37 Å². The molecule has 3 heterocycles. The number of rotatable bonds is 4. The second-order valence-electron chi connectivity index (χ2n) is 9.19. The van der Waals surface area contributed by atoms with Crippen molar-refractivity contribution in [3.63, 3.8) is 0 Å². The van der Waals surface area contributed by atoms with Crippen LogP contribution < -0.4 is 5.56 Å². The fourth-order valence-electron chi connectivity index (χ4n) is 5.04. The predicted octanol–water partition coefficient (Wildman–Crippen LogP) is 6.28. The third kappa shape index (κ3) is 4.22. The summed E-state index contributed by atoms with van der Waals surface area (Å²) in [5.74, 6) is -0.373. The molecule has 35 heavy (non-hydrogen) atoms. The number of hydrogen-bond acceptors (Lipinski definition) is 3. The molecule has 0 spiro atoms. The molecular formula is C27H23F4N3O. The van der Waals surface area contributed by atoms with E-state index in [0.717, 1.165) is 11.6 Å². The van der Waals surface area contributed by atoms with E-state index in [4.69, 9.17) is 0 Å². The molecule has 0 atom stereocenters. The van der Waals surface area contributed by atoms with Gasteiger partial charge in [0.2, 0.25) is 0 Å². The standard InChI is InChI=1S/C27H23F4N3O/c1-15-5-3-7-22(28)24(15)19-11-18(12-19)20-13-17-9-8-16(2)33-25(17)34(26(20)35)14-23-21(27(29,30)31)6-4-10-32-23/h3-10,13,18-19H,11-12,14H2,1-2H3. The van der Waals surface area contributed by atoms with Crippen LogP contribution in [0.15, 0.2) is 59.5 Å². The van der Waals surface area contributed by atoms with E-state index < -0.39 is 11.7 Å². The van der Waals surface area contributed by atoms with Crippen LogP contribution in [-0.4, -0.2) is 14.5 Å². The van der Waals surface area contributed by atoms with Crippen molar-refractivity contribution in [3.8, 4) is 0 Å². The highest BCUT2D eigenvalue weighted by Gasteiger charge is 2.37. The molecule has 1 fully saturated rings. The van der Waals surface area contributed by atoms with Gasteiger partial charge in [0.25, 0.3) is 5.56 Å². The lowest BCUT2D eigenvalue weighted by Gasteiger charge is -2.37. The first-order valence-corrected chi connectivity index (χ1v) is 11.4. The number of aryl methyl sites for hydroxylation is 2. The molecule has 0 unspecified atom stereocenters. The maximum atomic E-state index is 14.4. The molecule has 0 aliphatic heterocycles. The monoisotopic (exact) mass is 481 g/mol. The molecule has 1 aliphatic carbocycles. The fraction of sp³-hybridized carbons (Fsp3) is 0.296. The number of nitrogens with zero attached hydrogens (tertiary/aromatic N) is 3. The number of alkyl halides is 3. The summed E-state index contributed by atoms with van der Waals surface area (Å²) in [5.41, 5.74) is 1.52. The summed E-state index contributed by atoms with van der Waals surface area (Å²) < 4.78 is 56.5. The zero-order chi connectivity index (χ0) is 24.9. The number of benzene rings is 1. The maximum absolute atomic E-state index is 14.4. The molecule has 1 aromatic carbocycles. The van der Waals surface area contributed by atoms with E-state index in [1.165, 1.54) is 22.9 Å². The first-order valence-electron chi connectivity index (χ1n) is 11.4. The van der Waals surface area contributed by atoms with Crippen molar-refractivity contribution in [1.82, 2.24) is 14.5 Å². The summed E-state index contributed by atoms with van der Waals surface area (Å²) in [6.07, 6.45) is -2.12. The highest BCUT2D eigenvalue weighted by Crippen LogP contribution is 2.48. The Kier molecular flexibility index (Phi) is 5.69. The van der Waals surface area contributed by atoms with Gasteiger partial charge in [0.05, 0.1) is 17.8 Å². The molecule has 0 radical (unpaired) electrons. The van der Waals surface area contributed by atoms with Gasteiger partial charge in [-0.2, -0.15) is 13.2 Å². The Morgan fingerprint density at radius 1 is 1.03 bits per heavy atom. The van der Waals surface area contributed by atoms with E-state index in [2.05, 4.69) is 9.97 Å². The summed E-state index contributed by atoms with van der Waals surface area (Å²) >= 11 is 0. The Balaban J connectivity index is 1.57. The Hall–Kier alpha value is -3.55. The summed E-state index contributed by atoms with van der Waals surface area (Å²) in [4.78, 5) is 22.0. The van der Waals surface area contributed by atoms with Crippen LogP contribution in [-0.2, 0) is 12.7 Å². The van der Waals surface area contributed by atoms with Gasteiger partial charge in [-0.15, -0.1) is 0 Å². The highest BCUT2D eigenvalue weighted by molar-refractivity contribution is 5.76. The van der Waals surface area contributed by atoms with Gasteiger partial charge < -0.3 is 0 Å². The minimum Gasteiger partial charge on any atom is -0.286 e. The molecule has 3 aromatic heterocycles. The molecule has 4 aromatic rings. The minimum atomic E-state index is -4.59. The van der Waals surface area contributed by atoms with Gasteiger partial charge in [0, 0.05) is 22.8 Å². The molecule has 0 N–H and O–H groups in total. The van der Waals surface area contributed by atoms with Crippen LogP contribution >= 0.6 is 0 Å². The van der Waals surface area contributed by atoms with E-state index in [1.807, 2.05) is 19.1 Å². The predicted molar refractivity (Wildman–Crippen MR) is 125 cm³/mol. The van der Waals surface area contributed by atoms with E-state index in [0.29, 0.717) is 40.7 Å². The van der Waals surface area contributed by atoms with E-state index in [9.17, 15) is 22.4 Å². The molecule has 8 heteroatoms. The van der Waals surface area contributed by atoms with Crippen molar-refractivity contribution < 1.29 is 17.6 Å². The lowest BCUT2D eigenvalue weighted by atomic mass is 9.68. The van der Waals surface area contributed by atoms with Crippen molar-refractivity contribution in [1.29, 1.82) is 0 Å². The van der Waals surface area contributed by atoms with Gasteiger partial charge in [-0.05, 0) is 86.1 Å². The maximum Gasteiger partial charge on any atom is 0.418 e. The third-order valence-electron chi connectivity index (χ3n) is 6.86. The van der Waals surface area contributed by atoms with E-state index in [1.54, 1.807) is 25.1 Å². The molecule has 180 valence electrons. The van der Waals surface area contributed by atoms with Crippen LogP contribution in [0.1, 0.15) is 58.3 Å². The Morgan fingerprint density at radius 2 is 1.80 bits per heavy atom. The summed E-state index contributed by atoms with van der Waals surface area (Å²) in [5, 5.41) is 0.667. The topological polar surface area (TPSA) is 47.8 Å². The quantitative estimate of drug-likeness (QED) is 0.323. The summed E-state index contributed by atoms with van der Waals surface area (Å²) in [6.45, 7) is 3.28. The molecular weight excluding hydrogens is 458 g/mol. The van der Waals surface area contributed by atoms with E-state index >= 15 is 0 Å². The second-order valence-corrected chi connectivity index (χ2v) is 9.19. The lowest BCUT2D eigenvalue weighted by Crippen LogP contribution is -2.32. The van der Waals surface area contributed by atoms with Crippen LogP contribution in [0, 0.1) is 19.7 Å². The number of pyridine rings is 3. The van der Waals surface area contributed by atoms with Crippen LogP contribution in [0.2, 0.25) is 0 Å². The van der Waals surface area contributed by atoms with Gasteiger partial charge in [0.1, 0.15) is 11.5 Å². The van der Waals surface area contributed by atoms with Gasteiger partial charge >= 0.3 is 6.18 Å². The molecule has 1 saturated carbocycles. The smallest absolute Gasteiger partial charge is 0.286 e. The molecule has 5 rings (SSSR count). The van der Waals surface area contributed by atoms with Crippen molar-refractivity contribution >= 4 is 11.0 Å². The molecule has 0 saturated heterocycles. The van der Waals surface area contributed by atoms with Crippen molar-refractivity contribution in [2.75, 3.05) is 0 Å². The van der Waals surface area contributed by atoms with Crippen molar-refractivity contribution in [2.45, 2.75) is 51.2 Å². The van der Waals surface area contributed by atoms with Crippen molar-refractivity contribution in [3.05, 3.63) is 105 Å². The lowest BCUT2D eigenvalue weighted by molar-refractivity contribution is -0.138. The van der Waals surface area contributed by atoms with Crippen LogP contribution in [0.25, 0.3) is 11.0 Å². The average molecular weight is 481 g/mol. The summed E-state index contributed by atoms with van der Waals surface area (Å²) in [6, 6.07) is 12.6. The third-order valence-corrected chi connectivity index (χ3v) is 6.86. The van der Waals surface area contributed by atoms with Crippen molar-refractivity contribution in [2.24, 2.45) is 0 Å². The molecule has 4 nitrogen and oxygen atoms in total. The Morgan fingerprint density at radius 3 is 2.51 bits per heavy atom. The highest BCUT2D eigenvalue weighted by atomic mass is 19.4. The zero-order valence-corrected chi connectivity index (χ0v) is 19.2. The molecule has 0 amide bonds. The summed E-state index contributed by atoms with van der Waals surface area (Å²) in [7, 11) is 0. The number of aromatic nitrogens is 3. The number of hydrogen-bond donors (Lipinski definition) is 0. The first kappa shape index (κ1) is 23.2. The Labute approximate surface area is 199 Å². The number of halogens is 4. The van der Waals surface area contributed by atoms with Crippen LogP contribution in [0.4, 0.5) is 17.6 Å². The average Bonchev–Trinajstić information content (AvgIpc) is 2.77. The van der Waals surface area contributed by atoms with Gasteiger partial charge in [0.15, 0.2) is 0 Å². The first-order chi connectivity index (χ1) is 16.6. The van der Waals surface area contributed by atoms with Gasteiger partial charge in [-0.3, -0.25) is 14.3 Å².